The molecule has 0 amide bonds. The Morgan fingerprint density at radius 3 is 1.81 bits per heavy atom. The Labute approximate surface area is 215 Å². The first-order valence-corrected chi connectivity index (χ1v) is 13.6. The fourth-order valence-corrected chi connectivity index (χ4v) is 6.70. The normalized spacial score (nSPS) is 17.1. The number of thioether (sulfide) groups is 1. The van der Waals surface area contributed by atoms with Gasteiger partial charge in [0.1, 0.15) is 21.3 Å². The van der Waals surface area contributed by atoms with Crippen LogP contribution in [0.15, 0.2) is 123 Å². The van der Waals surface area contributed by atoms with E-state index in [1.54, 1.807) is 31.4 Å². The van der Waals surface area contributed by atoms with E-state index in [1.807, 2.05) is 91.9 Å². The number of aryl methyl sites for hydroxylation is 1. The third kappa shape index (κ3) is 4.36. The molecule has 0 N–H and O–H groups in total. The van der Waals surface area contributed by atoms with Crippen molar-refractivity contribution in [3.63, 3.8) is 0 Å². The maximum atomic E-state index is 13.4. The number of benzene rings is 4. The molecular formula is C29H24N2O3S2. The molecule has 7 heteroatoms. The van der Waals surface area contributed by atoms with Crippen molar-refractivity contribution in [1.29, 1.82) is 0 Å². The maximum absolute atomic E-state index is 13.4. The van der Waals surface area contributed by atoms with Gasteiger partial charge in [-0.15, -0.1) is 0 Å². The van der Waals surface area contributed by atoms with Crippen LogP contribution in [-0.2, 0) is 15.4 Å². The van der Waals surface area contributed by atoms with Crippen LogP contribution in [0.1, 0.15) is 16.7 Å². The number of methoxy groups -OCH3 is 1. The fourth-order valence-electron chi connectivity index (χ4n) is 4.17. The van der Waals surface area contributed by atoms with Gasteiger partial charge in [-0.2, -0.15) is 12.8 Å². The summed E-state index contributed by atoms with van der Waals surface area (Å²) < 4.78 is 36.4. The third-order valence-electron chi connectivity index (χ3n) is 6.07. The van der Waals surface area contributed by atoms with Gasteiger partial charge in [0.2, 0.25) is 0 Å². The van der Waals surface area contributed by atoms with Crippen LogP contribution in [0.25, 0.3) is 0 Å². The number of sulfonamides is 1. The molecule has 1 saturated heterocycles. The number of rotatable bonds is 6. The SMILES string of the molecule is COc1ccc(N=C2SC(=NS(=O)(=O)c3ccc(C)cc3)C2(c2ccccc2)c2ccccc2)cc1. The van der Waals surface area contributed by atoms with E-state index in [0.29, 0.717) is 5.04 Å². The van der Waals surface area contributed by atoms with Gasteiger partial charge in [-0.1, -0.05) is 90.1 Å². The quantitative estimate of drug-likeness (QED) is 0.294. The predicted molar refractivity (Wildman–Crippen MR) is 147 cm³/mol. The molecule has 180 valence electrons. The summed E-state index contributed by atoms with van der Waals surface area (Å²) in [6, 6.07) is 33.8. The van der Waals surface area contributed by atoms with Gasteiger partial charge in [0.25, 0.3) is 10.0 Å². The Kier molecular flexibility index (Phi) is 6.51. The number of hydrogen-bond donors (Lipinski definition) is 0. The maximum Gasteiger partial charge on any atom is 0.283 e. The molecule has 0 unspecified atom stereocenters. The van der Waals surface area contributed by atoms with Gasteiger partial charge >= 0.3 is 0 Å². The van der Waals surface area contributed by atoms with Crippen molar-refractivity contribution in [1.82, 2.24) is 0 Å². The Morgan fingerprint density at radius 2 is 1.28 bits per heavy atom. The van der Waals surface area contributed by atoms with Gasteiger partial charge in [0, 0.05) is 0 Å². The van der Waals surface area contributed by atoms with Crippen LogP contribution in [0.2, 0.25) is 0 Å². The Morgan fingerprint density at radius 1 is 0.722 bits per heavy atom. The lowest BCUT2D eigenvalue weighted by Gasteiger charge is -2.44. The topological polar surface area (TPSA) is 68.1 Å². The van der Waals surface area contributed by atoms with Crippen LogP contribution in [0, 0.1) is 6.92 Å². The van der Waals surface area contributed by atoms with Gasteiger partial charge in [0.15, 0.2) is 0 Å². The lowest BCUT2D eigenvalue weighted by molar-refractivity contribution is 0.415. The highest BCUT2D eigenvalue weighted by Crippen LogP contribution is 2.52. The van der Waals surface area contributed by atoms with Gasteiger partial charge < -0.3 is 4.74 Å². The second-order valence-corrected chi connectivity index (χ2v) is 11.0. The molecule has 0 radical (unpaired) electrons. The first kappa shape index (κ1) is 24.0. The molecule has 4 aromatic carbocycles. The largest absolute Gasteiger partial charge is 0.497 e. The van der Waals surface area contributed by atoms with E-state index in [9.17, 15) is 8.42 Å². The Balaban J connectivity index is 1.72. The molecular weight excluding hydrogens is 488 g/mol. The number of hydrogen-bond acceptors (Lipinski definition) is 5. The summed E-state index contributed by atoms with van der Waals surface area (Å²) in [5.41, 5.74) is 2.61. The standard InChI is InChI=1S/C29H24N2O3S2/c1-21-13-19-26(20-14-21)36(32,33)31-28-29(22-9-5-3-6-10-22,23-11-7-4-8-12-23)27(35-28)30-24-15-17-25(34-2)18-16-24/h3-20H,1-2H3. The molecule has 1 fully saturated rings. The van der Waals surface area contributed by atoms with Crippen LogP contribution >= 0.6 is 11.8 Å². The summed E-state index contributed by atoms with van der Waals surface area (Å²) in [6.07, 6.45) is 0. The van der Waals surface area contributed by atoms with Crippen molar-refractivity contribution in [2.45, 2.75) is 17.2 Å². The van der Waals surface area contributed by atoms with Crippen LogP contribution in [0.5, 0.6) is 5.75 Å². The highest BCUT2D eigenvalue weighted by molar-refractivity contribution is 8.30. The van der Waals surface area contributed by atoms with Crippen molar-refractivity contribution in [2.75, 3.05) is 7.11 Å². The van der Waals surface area contributed by atoms with Crippen LogP contribution in [-0.4, -0.2) is 25.6 Å². The molecule has 0 bridgehead atoms. The minimum absolute atomic E-state index is 0.164. The number of aliphatic imine (C=N–C) groups is 1. The van der Waals surface area contributed by atoms with E-state index in [0.717, 1.165) is 33.2 Å². The molecule has 36 heavy (non-hydrogen) atoms. The minimum atomic E-state index is -3.93. The number of nitrogens with zero attached hydrogens (tertiary/aromatic N) is 2. The van der Waals surface area contributed by atoms with Gasteiger partial charge in [0.05, 0.1) is 17.7 Å². The van der Waals surface area contributed by atoms with E-state index < -0.39 is 15.4 Å². The molecule has 1 heterocycles. The fraction of sp³-hybridized carbons (Fsp3) is 0.103. The zero-order chi connectivity index (χ0) is 25.2. The molecule has 4 aromatic rings. The first-order chi connectivity index (χ1) is 17.4. The van der Waals surface area contributed by atoms with E-state index in [1.165, 1.54) is 11.8 Å². The Hall–Kier alpha value is -3.68. The molecule has 0 aliphatic carbocycles. The summed E-state index contributed by atoms with van der Waals surface area (Å²) in [5, 5.41) is 1.22. The lowest BCUT2D eigenvalue weighted by atomic mass is 9.75. The summed E-state index contributed by atoms with van der Waals surface area (Å²) >= 11 is 1.29. The minimum Gasteiger partial charge on any atom is -0.497 e. The Bertz CT molecular complexity index is 1490. The highest BCUT2D eigenvalue weighted by Gasteiger charge is 2.55. The molecule has 5 rings (SSSR count). The van der Waals surface area contributed by atoms with Crippen LogP contribution in [0.4, 0.5) is 5.69 Å². The summed E-state index contributed by atoms with van der Waals surface area (Å²) in [6.45, 7) is 1.92. The lowest BCUT2D eigenvalue weighted by Crippen LogP contribution is -2.51. The molecule has 0 atom stereocenters. The van der Waals surface area contributed by atoms with Crippen molar-refractivity contribution in [2.24, 2.45) is 9.39 Å². The predicted octanol–water partition coefficient (Wildman–Crippen LogP) is 6.55. The third-order valence-corrected chi connectivity index (χ3v) is 8.66. The van der Waals surface area contributed by atoms with Gasteiger partial charge in [-0.05, 0) is 54.4 Å². The molecule has 1 aliphatic heterocycles. The second kappa shape index (κ2) is 9.76. The first-order valence-electron chi connectivity index (χ1n) is 11.4. The highest BCUT2D eigenvalue weighted by atomic mass is 32.2. The monoisotopic (exact) mass is 512 g/mol. The molecule has 0 spiro atoms. The summed E-state index contributed by atoms with van der Waals surface area (Å²) in [4.78, 5) is 5.12. The molecule has 1 aliphatic rings. The van der Waals surface area contributed by atoms with Crippen LogP contribution < -0.4 is 4.74 Å². The van der Waals surface area contributed by atoms with Gasteiger partial charge in [-0.25, -0.2) is 4.99 Å². The molecule has 5 nitrogen and oxygen atoms in total. The van der Waals surface area contributed by atoms with E-state index >= 15 is 0 Å². The summed E-state index contributed by atoms with van der Waals surface area (Å²) in [7, 11) is -2.31. The van der Waals surface area contributed by atoms with Gasteiger partial charge in [-0.3, -0.25) is 0 Å². The van der Waals surface area contributed by atoms with Crippen molar-refractivity contribution in [3.05, 3.63) is 126 Å². The summed E-state index contributed by atoms with van der Waals surface area (Å²) in [5.74, 6) is 0.740. The van der Waals surface area contributed by atoms with Crippen molar-refractivity contribution in [3.8, 4) is 5.75 Å². The van der Waals surface area contributed by atoms with E-state index in [-0.39, 0.29) is 4.90 Å². The van der Waals surface area contributed by atoms with Crippen molar-refractivity contribution < 1.29 is 13.2 Å². The van der Waals surface area contributed by atoms with Crippen LogP contribution in [0.3, 0.4) is 0 Å². The van der Waals surface area contributed by atoms with E-state index in [2.05, 4.69) is 4.40 Å². The number of ether oxygens (including phenoxy) is 1. The zero-order valence-electron chi connectivity index (χ0n) is 19.8. The average molecular weight is 513 g/mol. The molecule has 0 aromatic heterocycles. The molecule has 0 saturated carbocycles. The van der Waals surface area contributed by atoms with Crippen molar-refractivity contribution >= 4 is 37.6 Å². The second-order valence-electron chi connectivity index (χ2n) is 8.38. The zero-order valence-corrected chi connectivity index (χ0v) is 21.5. The smallest absolute Gasteiger partial charge is 0.283 e. The average Bonchev–Trinajstić information content (AvgIpc) is 2.90. The van der Waals surface area contributed by atoms with E-state index in [4.69, 9.17) is 9.73 Å².